The summed E-state index contributed by atoms with van der Waals surface area (Å²) in [6.07, 6.45) is 5.02. The Bertz CT molecular complexity index is 646. The van der Waals surface area contributed by atoms with Gasteiger partial charge in [0.05, 0.1) is 6.42 Å². The maximum Gasteiger partial charge on any atom is 0.227 e. The minimum absolute atomic E-state index is 0.208. The Morgan fingerprint density at radius 3 is 2.73 bits per heavy atom. The van der Waals surface area contributed by atoms with Crippen molar-refractivity contribution in [1.82, 2.24) is 9.88 Å². The molecule has 114 valence electrons. The zero-order valence-electron chi connectivity index (χ0n) is 13.2. The normalized spacial score (nSPS) is 17.7. The third kappa shape index (κ3) is 3.35. The van der Waals surface area contributed by atoms with E-state index < -0.39 is 0 Å². The fourth-order valence-electron chi connectivity index (χ4n) is 3.29. The summed E-state index contributed by atoms with van der Waals surface area (Å²) < 4.78 is 0. The molecule has 1 fully saturated rings. The predicted molar refractivity (Wildman–Crippen MR) is 87.8 cm³/mol. The van der Waals surface area contributed by atoms with Crippen LogP contribution in [0.2, 0.25) is 0 Å². The number of carbonyl (C=O) groups excluding carboxylic acids is 1. The van der Waals surface area contributed by atoms with E-state index in [9.17, 15) is 4.79 Å². The van der Waals surface area contributed by atoms with E-state index in [0.29, 0.717) is 12.3 Å². The summed E-state index contributed by atoms with van der Waals surface area (Å²) in [5.41, 5.74) is 4.96. The number of pyridine rings is 1. The molecule has 0 bridgehead atoms. The lowest BCUT2D eigenvalue weighted by atomic mass is 9.95. The Hall–Kier alpha value is -2.16. The van der Waals surface area contributed by atoms with E-state index >= 15 is 0 Å². The van der Waals surface area contributed by atoms with Gasteiger partial charge in [-0.3, -0.25) is 9.78 Å². The predicted octanol–water partition coefficient (Wildman–Crippen LogP) is 3.26. The molecule has 0 N–H and O–H groups in total. The highest BCUT2D eigenvalue weighted by atomic mass is 16.2. The standard InChI is InChI=1S/C19H22N2O/c1-14-8-15(2)10-18(9-14)17-5-7-21(13-17)19(22)11-16-4-3-6-20-12-16/h3-4,6,8-10,12,17H,5,7,11,13H2,1-2H3/t17-/m1/s1. The molecule has 1 aliphatic rings. The first kappa shape index (κ1) is 14.8. The summed E-state index contributed by atoms with van der Waals surface area (Å²) >= 11 is 0. The van der Waals surface area contributed by atoms with Crippen molar-refractivity contribution in [2.45, 2.75) is 32.6 Å². The van der Waals surface area contributed by atoms with Gasteiger partial charge in [0, 0.05) is 31.4 Å². The van der Waals surface area contributed by atoms with Gasteiger partial charge in [0.25, 0.3) is 0 Å². The lowest BCUT2D eigenvalue weighted by Crippen LogP contribution is -2.29. The lowest BCUT2D eigenvalue weighted by molar-refractivity contribution is -0.129. The maximum absolute atomic E-state index is 12.4. The minimum Gasteiger partial charge on any atom is -0.342 e. The van der Waals surface area contributed by atoms with E-state index in [0.717, 1.165) is 25.1 Å². The van der Waals surface area contributed by atoms with Crippen LogP contribution < -0.4 is 0 Å². The Balaban J connectivity index is 1.65. The number of rotatable bonds is 3. The zero-order valence-corrected chi connectivity index (χ0v) is 13.2. The van der Waals surface area contributed by atoms with Crippen molar-refractivity contribution in [3.63, 3.8) is 0 Å². The van der Waals surface area contributed by atoms with Gasteiger partial charge in [-0.1, -0.05) is 35.4 Å². The maximum atomic E-state index is 12.4. The van der Waals surface area contributed by atoms with Gasteiger partial charge in [-0.25, -0.2) is 0 Å². The third-order valence-corrected chi connectivity index (χ3v) is 4.33. The van der Waals surface area contributed by atoms with E-state index in [4.69, 9.17) is 0 Å². The van der Waals surface area contributed by atoms with Gasteiger partial charge < -0.3 is 4.90 Å². The number of hydrogen-bond donors (Lipinski definition) is 0. The Labute approximate surface area is 132 Å². The van der Waals surface area contributed by atoms with Crippen LogP contribution in [0.1, 0.15) is 34.6 Å². The molecule has 0 radical (unpaired) electrons. The second kappa shape index (κ2) is 6.30. The number of carbonyl (C=O) groups is 1. The monoisotopic (exact) mass is 294 g/mol. The Kier molecular flexibility index (Phi) is 4.23. The Morgan fingerprint density at radius 1 is 1.27 bits per heavy atom. The number of aromatic nitrogens is 1. The summed E-state index contributed by atoms with van der Waals surface area (Å²) in [5, 5.41) is 0. The van der Waals surface area contributed by atoms with Crippen LogP contribution in [0.25, 0.3) is 0 Å². The highest BCUT2D eigenvalue weighted by Crippen LogP contribution is 2.28. The molecule has 1 aromatic carbocycles. The van der Waals surface area contributed by atoms with Gasteiger partial charge >= 0.3 is 0 Å². The van der Waals surface area contributed by atoms with Crippen LogP contribution in [-0.2, 0) is 11.2 Å². The molecular weight excluding hydrogens is 272 g/mol. The molecule has 1 atom stereocenters. The van der Waals surface area contributed by atoms with Crippen LogP contribution in [0.5, 0.6) is 0 Å². The van der Waals surface area contributed by atoms with Gasteiger partial charge in [0.2, 0.25) is 5.91 Å². The molecule has 2 heterocycles. The highest BCUT2D eigenvalue weighted by Gasteiger charge is 2.27. The molecule has 0 aliphatic carbocycles. The first-order chi connectivity index (χ1) is 10.6. The van der Waals surface area contributed by atoms with Gasteiger partial charge in [-0.15, -0.1) is 0 Å². The molecule has 2 aromatic rings. The van der Waals surface area contributed by atoms with Crippen LogP contribution in [-0.4, -0.2) is 28.9 Å². The van der Waals surface area contributed by atoms with Crippen molar-refractivity contribution >= 4 is 5.91 Å². The number of benzene rings is 1. The fraction of sp³-hybridized carbons (Fsp3) is 0.368. The van der Waals surface area contributed by atoms with Crippen LogP contribution in [0, 0.1) is 13.8 Å². The molecule has 1 aliphatic heterocycles. The molecule has 3 rings (SSSR count). The average Bonchev–Trinajstić information content (AvgIpc) is 2.97. The topological polar surface area (TPSA) is 33.2 Å². The summed E-state index contributed by atoms with van der Waals surface area (Å²) in [7, 11) is 0. The molecule has 22 heavy (non-hydrogen) atoms. The number of nitrogens with zero attached hydrogens (tertiary/aromatic N) is 2. The van der Waals surface area contributed by atoms with Crippen LogP contribution >= 0.6 is 0 Å². The van der Waals surface area contributed by atoms with Crippen LogP contribution in [0.3, 0.4) is 0 Å². The largest absolute Gasteiger partial charge is 0.342 e. The van der Waals surface area contributed by atoms with Crippen LogP contribution in [0.4, 0.5) is 0 Å². The number of hydrogen-bond acceptors (Lipinski definition) is 2. The molecule has 1 saturated heterocycles. The van der Waals surface area contributed by atoms with Crippen molar-refractivity contribution in [3.8, 4) is 0 Å². The van der Waals surface area contributed by atoms with E-state index in [2.05, 4.69) is 37.0 Å². The third-order valence-electron chi connectivity index (χ3n) is 4.33. The van der Waals surface area contributed by atoms with Crippen molar-refractivity contribution in [1.29, 1.82) is 0 Å². The summed E-state index contributed by atoms with van der Waals surface area (Å²) in [6, 6.07) is 10.6. The van der Waals surface area contributed by atoms with E-state index in [1.165, 1.54) is 16.7 Å². The quantitative estimate of drug-likeness (QED) is 0.870. The summed E-state index contributed by atoms with van der Waals surface area (Å²) in [4.78, 5) is 18.5. The number of likely N-dealkylation sites (tertiary alicyclic amines) is 1. The van der Waals surface area contributed by atoms with Crippen molar-refractivity contribution in [2.24, 2.45) is 0 Å². The van der Waals surface area contributed by atoms with Crippen molar-refractivity contribution < 1.29 is 4.79 Å². The van der Waals surface area contributed by atoms with Crippen molar-refractivity contribution in [3.05, 3.63) is 65.0 Å². The minimum atomic E-state index is 0.208. The first-order valence-corrected chi connectivity index (χ1v) is 7.86. The molecule has 0 spiro atoms. The molecule has 0 unspecified atom stereocenters. The van der Waals surface area contributed by atoms with Gasteiger partial charge in [0.15, 0.2) is 0 Å². The second-order valence-corrected chi connectivity index (χ2v) is 6.28. The second-order valence-electron chi connectivity index (χ2n) is 6.28. The Morgan fingerprint density at radius 2 is 2.05 bits per heavy atom. The zero-order chi connectivity index (χ0) is 15.5. The molecule has 3 heteroatoms. The molecule has 0 saturated carbocycles. The summed E-state index contributed by atoms with van der Waals surface area (Å²) in [6.45, 7) is 5.96. The lowest BCUT2D eigenvalue weighted by Gasteiger charge is -2.17. The van der Waals surface area contributed by atoms with Gasteiger partial charge in [-0.2, -0.15) is 0 Å². The number of aryl methyl sites for hydroxylation is 2. The van der Waals surface area contributed by atoms with Gasteiger partial charge in [-0.05, 0) is 37.5 Å². The van der Waals surface area contributed by atoms with E-state index in [1.807, 2.05) is 17.0 Å². The van der Waals surface area contributed by atoms with E-state index in [-0.39, 0.29) is 5.91 Å². The first-order valence-electron chi connectivity index (χ1n) is 7.86. The average molecular weight is 294 g/mol. The smallest absolute Gasteiger partial charge is 0.227 e. The molecule has 1 amide bonds. The van der Waals surface area contributed by atoms with E-state index in [1.54, 1.807) is 12.4 Å². The van der Waals surface area contributed by atoms with Gasteiger partial charge in [0.1, 0.15) is 0 Å². The highest BCUT2D eigenvalue weighted by molar-refractivity contribution is 5.79. The van der Waals surface area contributed by atoms with Crippen LogP contribution in [0.15, 0.2) is 42.7 Å². The summed E-state index contributed by atoms with van der Waals surface area (Å²) in [5.74, 6) is 0.677. The SMILES string of the molecule is Cc1cc(C)cc([C@@H]2CCN(C(=O)Cc3cccnc3)C2)c1. The molecule has 3 nitrogen and oxygen atoms in total. The molecular formula is C19H22N2O. The van der Waals surface area contributed by atoms with Crippen molar-refractivity contribution in [2.75, 3.05) is 13.1 Å². The number of amides is 1. The molecule has 1 aromatic heterocycles. The fourth-order valence-corrected chi connectivity index (χ4v) is 3.29.